The van der Waals surface area contributed by atoms with Crippen molar-refractivity contribution < 1.29 is 4.79 Å². The van der Waals surface area contributed by atoms with Gasteiger partial charge in [-0.05, 0) is 45.0 Å². The van der Waals surface area contributed by atoms with E-state index in [-0.39, 0.29) is 5.92 Å². The van der Waals surface area contributed by atoms with E-state index in [2.05, 4.69) is 41.2 Å². The second-order valence-corrected chi connectivity index (χ2v) is 6.40. The lowest BCUT2D eigenvalue weighted by Gasteiger charge is -2.33. The number of benzene rings is 1. The van der Waals surface area contributed by atoms with Crippen molar-refractivity contribution in [3.8, 4) is 0 Å². The summed E-state index contributed by atoms with van der Waals surface area (Å²) in [6.07, 6.45) is 1.96. The fourth-order valence-corrected chi connectivity index (χ4v) is 3.46. The first-order chi connectivity index (χ1) is 10.1. The molecule has 2 heterocycles. The van der Waals surface area contributed by atoms with Crippen molar-refractivity contribution >= 4 is 11.6 Å². The topological polar surface area (TPSA) is 35.6 Å². The molecular formula is C17H25N3O. The molecule has 2 atom stereocenters. The quantitative estimate of drug-likeness (QED) is 0.859. The zero-order chi connectivity index (χ0) is 14.8. The molecule has 1 fully saturated rings. The molecule has 1 aromatic rings. The summed E-state index contributed by atoms with van der Waals surface area (Å²) in [4.78, 5) is 17.4. The van der Waals surface area contributed by atoms with Gasteiger partial charge < -0.3 is 15.1 Å². The molecule has 1 saturated heterocycles. The highest BCUT2D eigenvalue weighted by molar-refractivity contribution is 5.86. The third-order valence-electron chi connectivity index (χ3n) is 4.66. The van der Waals surface area contributed by atoms with E-state index in [1.807, 2.05) is 12.1 Å². The Morgan fingerprint density at radius 3 is 2.86 bits per heavy atom. The van der Waals surface area contributed by atoms with Gasteiger partial charge in [0.25, 0.3) is 0 Å². The number of amides is 1. The summed E-state index contributed by atoms with van der Waals surface area (Å²) in [7, 11) is 2.13. The van der Waals surface area contributed by atoms with E-state index >= 15 is 0 Å². The van der Waals surface area contributed by atoms with Crippen LogP contribution in [0.25, 0.3) is 0 Å². The summed E-state index contributed by atoms with van der Waals surface area (Å²) in [6, 6.07) is 8.60. The number of carbonyl (C=O) groups excluding carboxylic acids is 1. The van der Waals surface area contributed by atoms with Gasteiger partial charge in [-0.1, -0.05) is 18.2 Å². The van der Waals surface area contributed by atoms with E-state index in [0.29, 0.717) is 11.9 Å². The Morgan fingerprint density at radius 2 is 2.00 bits per heavy atom. The Balaban J connectivity index is 1.81. The summed E-state index contributed by atoms with van der Waals surface area (Å²) in [6.45, 7) is 5.97. The van der Waals surface area contributed by atoms with Gasteiger partial charge in [-0.25, -0.2) is 0 Å². The van der Waals surface area contributed by atoms with Crippen LogP contribution < -0.4 is 5.32 Å². The molecule has 0 bridgehead atoms. The average molecular weight is 287 g/mol. The van der Waals surface area contributed by atoms with Gasteiger partial charge in [0.05, 0.1) is 5.92 Å². The van der Waals surface area contributed by atoms with Crippen molar-refractivity contribution in [2.24, 2.45) is 0 Å². The van der Waals surface area contributed by atoms with Crippen LogP contribution in [0.15, 0.2) is 24.3 Å². The fraction of sp³-hybridized carbons (Fsp3) is 0.588. The Kier molecular flexibility index (Phi) is 4.15. The molecule has 2 unspecified atom stereocenters. The van der Waals surface area contributed by atoms with Crippen molar-refractivity contribution in [2.45, 2.75) is 31.7 Å². The zero-order valence-corrected chi connectivity index (χ0v) is 13.0. The largest absolute Gasteiger partial charge is 0.382 e. The summed E-state index contributed by atoms with van der Waals surface area (Å²) in [5.41, 5.74) is 2.29. The lowest BCUT2D eigenvalue weighted by molar-refractivity contribution is -0.133. The molecular weight excluding hydrogens is 262 g/mol. The smallest absolute Gasteiger partial charge is 0.230 e. The molecule has 114 valence electrons. The van der Waals surface area contributed by atoms with Gasteiger partial charge in [-0.15, -0.1) is 0 Å². The highest BCUT2D eigenvalue weighted by Crippen LogP contribution is 2.35. The van der Waals surface area contributed by atoms with Gasteiger partial charge in [0.1, 0.15) is 0 Å². The third-order valence-corrected chi connectivity index (χ3v) is 4.66. The summed E-state index contributed by atoms with van der Waals surface area (Å²) in [5, 5.41) is 3.49. The minimum Gasteiger partial charge on any atom is -0.382 e. The van der Waals surface area contributed by atoms with Crippen LogP contribution >= 0.6 is 0 Å². The molecule has 3 rings (SSSR count). The molecule has 2 aliphatic rings. The Hall–Kier alpha value is -1.55. The molecule has 0 spiro atoms. The number of rotatable bonds is 1. The third kappa shape index (κ3) is 3.05. The van der Waals surface area contributed by atoms with E-state index in [4.69, 9.17) is 0 Å². The number of para-hydroxylation sites is 1. The SMILES string of the molecule is CC1CC(C(=O)N2CCCN(C)CC2)c2ccccc2N1. The van der Waals surface area contributed by atoms with Crippen molar-refractivity contribution in [1.82, 2.24) is 9.80 Å². The number of carbonyl (C=O) groups is 1. The van der Waals surface area contributed by atoms with Gasteiger partial charge in [-0.2, -0.15) is 0 Å². The molecule has 21 heavy (non-hydrogen) atoms. The second kappa shape index (κ2) is 6.06. The molecule has 4 nitrogen and oxygen atoms in total. The summed E-state index contributed by atoms with van der Waals surface area (Å²) < 4.78 is 0. The molecule has 0 aliphatic carbocycles. The summed E-state index contributed by atoms with van der Waals surface area (Å²) in [5.74, 6) is 0.326. The normalized spacial score (nSPS) is 26.7. The minimum atomic E-state index is 0.0147. The first-order valence-electron chi connectivity index (χ1n) is 7.98. The maximum Gasteiger partial charge on any atom is 0.230 e. The molecule has 0 radical (unpaired) electrons. The Morgan fingerprint density at radius 1 is 1.19 bits per heavy atom. The number of likely N-dealkylation sites (N-methyl/N-ethyl adjacent to an activating group) is 1. The molecule has 4 heteroatoms. The van der Waals surface area contributed by atoms with Gasteiger partial charge >= 0.3 is 0 Å². The molecule has 1 aromatic carbocycles. The van der Waals surface area contributed by atoms with Crippen LogP contribution in [0, 0.1) is 0 Å². The zero-order valence-electron chi connectivity index (χ0n) is 13.0. The first kappa shape index (κ1) is 14.4. The van der Waals surface area contributed by atoms with E-state index in [1.54, 1.807) is 0 Å². The van der Waals surface area contributed by atoms with Crippen LogP contribution in [-0.4, -0.2) is 55.0 Å². The second-order valence-electron chi connectivity index (χ2n) is 6.40. The standard InChI is InChI=1S/C17H25N3O/c1-13-12-15(14-6-3-4-7-16(14)18-13)17(21)20-9-5-8-19(2)10-11-20/h3-4,6-7,13,15,18H,5,8-12H2,1-2H3. The Labute approximate surface area is 127 Å². The number of hydrogen-bond donors (Lipinski definition) is 1. The molecule has 1 N–H and O–H groups in total. The van der Waals surface area contributed by atoms with Crippen molar-refractivity contribution in [1.29, 1.82) is 0 Å². The minimum absolute atomic E-state index is 0.0147. The van der Waals surface area contributed by atoms with Crippen molar-refractivity contribution in [2.75, 3.05) is 38.5 Å². The number of nitrogens with one attached hydrogen (secondary N) is 1. The van der Waals surface area contributed by atoms with Gasteiger partial charge in [-0.3, -0.25) is 4.79 Å². The van der Waals surface area contributed by atoms with Gasteiger partial charge in [0.2, 0.25) is 5.91 Å². The van der Waals surface area contributed by atoms with Crippen LogP contribution in [-0.2, 0) is 4.79 Å². The maximum atomic E-state index is 13.0. The lowest BCUT2D eigenvalue weighted by atomic mass is 9.86. The van der Waals surface area contributed by atoms with E-state index < -0.39 is 0 Å². The summed E-state index contributed by atoms with van der Waals surface area (Å²) >= 11 is 0. The lowest BCUT2D eigenvalue weighted by Crippen LogP contribution is -2.40. The van der Waals surface area contributed by atoms with Crippen molar-refractivity contribution in [3.63, 3.8) is 0 Å². The molecule has 0 aromatic heterocycles. The van der Waals surface area contributed by atoms with E-state index in [9.17, 15) is 4.79 Å². The van der Waals surface area contributed by atoms with E-state index in [1.165, 1.54) is 5.56 Å². The predicted molar refractivity (Wildman–Crippen MR) is 85.6 cm³/mol. The van der Waals surface area contributed by atoms with Gasteiger partial charge in [0.15, 0.2) is 0 Å². The number of nitrogens with zero attached hydrogens (tertiary/aromatic N) is 2. The maximum absolute atomic E-state index is 13.0. The van der Waals surface area contributed by atoms with Crippen LogP contribution in [0.1, 0.15) is 31.2 Å². The number of hydrogen-bond acceptors (Lipinski definition) is 3. The number of anilines is 1. The van der Waals surface area contributed by atoms with Gasteiger partial charge in [0, 0.05) is 31.4 Å². The molecule has 2 aliphatic heterocycles. The molecule has 0 saturated carbocycles. The highest BCUT2D eigenvalue weighted by atomic mass is 16.2. The Bertz CT molecular complexity index is 517. The van der Waals surface area contributed by atoms with Crippen molar-refractivity contribution in [3.05, 3.63) is 29.8 Å². The fourth-order valence-electron chi connectivity index (χ4n) is 3.46. The molecule has 1 amide bonds. The van der Waals surface area contributed by atoms with Crippen LogP contribution in [0.4, 0.5) is 5.69 Å². The predicted octanol–water partition coefficient (Wildman–Crippen LogP) is 2.14. The van der Waals surface area contributed by atoms with Crippen LogP contribution in [0.3, 0.4) is 0 Å². The average Bonchev–Trinajstić information content (AvgIpc) is 2.70. The highest BCUT2D eigenvalue weighted by Gasteiger charge is 2.32. The first-order valence-corrected chi connectivity index (χ1v) is 7.98. The van der Waals surface area contributed by atoms with Crippen LogP contribution in [0.2, 0.25) is 0 Å². The van der Waals surface area contributed by atoms with Crippen LogP contribution in [0.5, 0.6) is 0 Å². The van der Waals surface area contributed by atoms with E-state index in [0.717, 1.165) is 44.7 Å². The monoisotopic (exact) mass is 287 g/mol. The number of fused-ring (bicyclic) bond motifs is 1.